The number of phenols is 2. The second kappa shape index (κ2) is 3.82. The average Bonchev–Trinajstić information content (AvgIpc) is 3.14. The average molecular weight is 232 g/mol. The smallest absolute Gasteiger partial charge is 0.201 e. The number of hydrogen-bond acceptors (Lipinski definition) is 4. The summed E-state index contributed by atoms with van der Waals surface area (Å²) >= 11 is 0. The minimum Gasteiger partial charge on any atom is -0.504 e. The molecule has 2 aromatic rings. The van der Waals surface area contributed by atoms with Crippen LogP contribution in [0.1, 0.15) is 0 Å². The van der Waals surface area contributed by atoms with E-state index in [0.717, 1.165) is 10.8 Å². The standard InChI is InChI=1S/C13H12O4/c14-11-5-8-3-1-2-4-10(8)13(12(11)15)17-7-9-6-16-9/h1-5,9,14-15H,6-7H2. The van der Waals surface area contributed by atoms with Gasteiger partial charge in [0.1, 0.15) is 12.7 Å². The van der Waals surface area contributed by atoms with Gasteiger partial charge in [0.25, 0.3) is 0 Å². The number of rotatable bonds is 3. The Morgan fingerprint density at radius 1 is 1.29 bits per heavy atom. The Labute approximate surface area is 98.0 Å². The lowest BCUT2D eigenvalue weighted by molar-refractivity contribution is 0.254. The van der Waals surface area contributed by atoms with Crippen molar-refractivity contribution in [3.63, 3.8) is 0 Å². The van der Waals surface area contributed by atoms with Crippen molar-refractivity contribution < 1.29 is 19.7 Å². The molecule has 0 bridgehead atoms. The van der Waals surface area contributed by atoms with Gasteiger partial charge in [0.05, 0.1) is 6.61 Å². The van der Waals surface area contributed by atoms with Crippen molar-refractivity contribution in [1.82, 2.24) is 0 Å². The molecule has 0 aromatic heterocycles. The SMILES string of the molecule is Oc1cc2ccccc2c(OCC2CO2)c1O. The summed E-state index contributed by atoms with van der Waals surface area (Å²) in [5, 5.41) is 21.0. The van der Waals surface area contributed by atoms with E-state index < -0.39 is 0 Å². The zero-order valence-electron chi connectivity index (χ0n) is 9.09. The minimum absolute atomic E-state index is 0.107. The summed E-state index contributed by atoms with van der Waals surface area (Å²) in [5.74, 6) is -0.0733. The van der Waals surface area contributed by atoms with Crippen LogP contribution in [0.3, 0.4) is 0 Å². The summed E-state index contributed by atoms with van der Waals surface area (Å²) in [5.41, 5.74) is 0. The molecule has 0 spiro atoms. The fourth-order valence-electron chi connectivity index (χ4n) is 1.78. The molecular formula is C13H12O4. The van der Waals surface area contributed by atoms with E-state index in [2.05, 4.69) is 0 Å². The van der Waals surface area contributed by atoms with Crippen LogP contribution in [0.2, 0.25) is 0 Å². The predicted molar refractivity (Wildman–Crippen MR) is 62.5 cm³/mol. The Kier molecular flexibility index (Phi) is 2.30. The first-order chi connectivity index (χ1) is 8.25. The summed E-state index contributed by atoms with van der Waals surface area (Å²) in [4.78, 5) is 0. The van der Waals surface area contributed by atoms with E-state index in [4.69, 9.17) is 9.47 Å². The third kappa shape index (κ3) is 1.87. The van der Waals surface area contributed by atoms with Crippen molar-refractivity contribution in [2.75, 3.05) is 13.2 Å². The van der Waals surface area contributed by atoms with Crippen LogP contribution in [0.5, 0.6) is 17.2 Å². The van der Waals surface area contributed by atoms with E-state index in [1.165, 1.54) is 6.07 Å². The van der Waals surface area contributed by atoms with Crippen LogP contribution < -0.4 is 4.74 Å². The molecule has 17 heavy (non-hydrogen) atoms. The first-order valence-corrected chi connectivity index (χ1v) is 5.44. The molecule has 1 saturated heterocycles. The number of benzene rings is 2. The number of ether oxygens (including phenoxy) is 2. The van der Waals surface area contributed by atoms with Gasteiger partial charge in [-0.05, 0) is 11.5 Å². The molecule has 0 saturated carbocycles. The van der Waals surface area contributed by atoms with Crippen molar-refractivity contribution in [3.8, 4) is 17.2 Å². The molecule has 1 heterocycles. The summed E-state index contributed by atoms with van der Waals surface area (Å²) < 4.78 is 10.6. The van der Waals surface area contributed by atoms with Gasteiger partial charge in [-0.25, -0.2) is 0 Å². The molecule has 0 amide bonds. The molecule has 4 heteroatoms. The number of fused-ring (bicyclic) bond motifs is 1. The normalized spacial score (nSPS) is 18.2. The summed E-state index contributed by atoms with van der Waals surface area (Å²) in [6, 6.07) is 8.95. The lowest BCUT2D eigenvalue weighted by Gasteiger charge is -2.11. The topological polar surface area (TPSA) is 62.2 Å². The van der Waals surface area contributed by atoms with E-state index in [9.17, 15) is 10.2 Å². The van der Waals surface area contributed by atoms with Crippen LogP contribution in [0.4, 0.5) is 0 Å². The maximum absolute atomic E-state index is 9.81. The Morgan fingerprint density at radius 2 is 2.06 bits per heavy atom. The Morgan fingerprint density at radius 3 is 2.82 bits per heavy atom. The van der Waals surface area contributed by atoms with E-state index in [1.807, 2.05) is 24.3 Å². The molecule has 0 radical (unpaired) electrons. The quantitative estimate of drug-likeness (QED) is 0.628. The molecular weight excluding hydrogens is 220 g/mol. The molecule has 88 valence electrons. The lowest BCUT2D eigenvalue weighted by Crippen LogP contribution is -2.04. The van der Waals surface area contributed by atoms with Gasteiger partial charge in [0.2, 0.25) is 5.75 Å². The predicted octanol–water partition coefficient (Wildman–Crippen LogP) is 2.03. The van der Waals surface area contributed by atoms with Gasteiger partial charge in [-0.1, -0.05) is 24.3 Å². The third-order valence-electron chi connectivity index (χ3n) is 2.77. The zero-order valence-corrected chi connectivity index (χ0v) is 9.09. The highest BCUT2D eigenvalue weighted by molar-refractivity contribution is 5.92. The molecule has 1 unspecified atom stereocenters. The van der Waals surface area contributed by atoms with Gasteiger partial charge in [0.15, 0.2) is 11.5 Å². The highest BCUT2D eigenvalue weighted by Crippen LogP contribution is 2.42. The molecule has 0 aliphatic carbocycles. The molecule has 4 nitrogen and oxygen atoms in total. The molecule has 2 aromatic carbocycles. The molecule has 3 rings (SSSR count). The van der Waals surface area contributed by atoms with Gasteiger partial charge in [-0.3, -0.25) is 0 Å². The molecule has 1 fully saturated rings. The van der Waals surface area contributed by atoms with E-state index in [-0.39, 0.29) is 17.6 Å². The van der Waals surface area contributed by atoms with Crippen LogP contribution in [0.15, 0.2) is 30.3 Å². The van der Waals surface area contributed by atoms with E-state index in [0.29, 0.717) is 19.0 Å². The minimum atomic E-state index is -0.218. The maximum Gasteiger partial charge on any atom is 0.201 e. The van der Waals surface area contributed by atoms with Crippen LogP contribution in [0, 0.1) is 0 Å². The van der Waals surface area contributed by atoms with Crippen molar-refractivity contribution in [1.29, 1.82) is 0 Å². The largest absolute Gasteiger partial charge is 0.504 e. The second-order valence-electron chi connectivity index (χ2n) is 4.06. The lowest BCUT2D eigenvalue weighted by atomic mass is 10.1. The Hall–Kier alpha value is -1.94. The summed E-state index contributed by atoms with van der Waals surface area (Å²) in [6.45, 7) is 1.08. The number of hydrogen-bond donors (Lipinski definition) is 2. The molecule has 1 atom stereocenters. The second-order valence-corrected chi connectivity index (χ2v) is 4.06. The van der Waals surface area contributed by atoms with Crippen molar-refractivity contribution >= 4 is 10.8 Å². The molecule has 1 aliphatic heterocycles. The van der Waals surface area contributed by atoms with Crippen LogP contribution in [-0.2, 0) is 4.74 Å². The zero-order chi connectivity index (χ0) is 11.8. The number of epoxide rings is 1. The van der Waals surface area contributed by atoms with Crippen molar-refractivity contribution in [3.05, 3.63) is 30.3 Å². The van der Waals surface area contributed by atoms with Gasteiger partial charge < -0.3 is 19.7 Å². The van der Waals surface area contributed by atoms with Crippen LogP contribution in [-0.4, -0.2) is 29.5 Å². The molecule has 2 N–H and O–H groups in total. The van der Waals surface area contributed by atoms with Gasteiger partial charge in [-0.2, -0.15) is 0 Å². The Bertz CT molecular complexity index is 561. The van der Waals surface area contributed by atoms with E-state index in [1.54, 1.807) is 0 Å². The highest BCUT2D eigenvalue weighted by atomic mass is 16.6. The number of aromatic hydroxyl groups is 2. The van der Waals surface area contributed by atoms with Crippen molar-refractivity contribution in [2.45, 2.75) is 6.10 Å². The summed E-state index contributed by atoms with van der Waals surface area (Å²) in [7, 11) is 0. The van der Waals surface area contributed by atoms with Gasteiger partial charge in [0, 0.05) is 5.39 Å². The van der Waals surface area contributed by atoms with Gasteiger partial charge >= 0.3 is 0 Å². The molecule has 1 aliphatic rings. The van der Waals surface area contributed by atoms with E-state index >= 15 is 0 Å². The van der Waals surface area contributed by atoms with Crippen LogP contribution in [0.25, 0.3) is 10.8 Å². The van der Waals surface area contributed by atoms with Crippen molar-refractivity contribution in [2.24, 2.45) is 0 Å². The van der Waals surface area contributed by atoms with Crippen LogP contribution >= 0.6 is 0 Å². The summed E-state index contributed by atoms with van der Waals surface area (Å²) in [6.07, 6.45) is 0.107. The Balaban J connectivity index is 2.07. The first-order valence-electron chi connectivity index (χ1n) is 5.44. The van der Waals surface area contributed by atoms with Gasteiger partial charge in [-0.15, -0.1) is 0 Å². The third-order valence-corrected chi connectivity index (χ3v) is 2.77. The number of phenolic OH excluding ortho intramolecular Hbond substituents is 2. The first kappa shape index (κ1) is 10.2. The fraction of sp³-hybridized carbons (Fsp3) is 0.231. The maximum atomic E-state index is 9.81. The fourth-order valence-corrected chi connectivity index (χ4v) is 1.78. The monoisotopic (exact) mass is 232 g/mol. The highest BCUT2D eigenvalue weighted by Gasteiger charge is 2.24.